The molecule has 0 N–H and O–H groups in total. The summed E-state index contributed by atoms with van der Waals surface area (Å²) in [6.45, 7) is 3.45. The Hall–Kier alpha value is -1.81. The van der Waals surface area contributed by atoms with Crippen LogP contribution in [0, 0.1) is 5.82 Å². The Morgan fingerprint density at radius 1 is 1.05 bits per heavy atom. The Bertz CT molecular complexity index is 659. The zero-order valence-electron chi connectivity index (χ0n) is 10.1. The van der Waals surface area contributed by atoms with Gasteiger partial charge in [-0.15, -0.1) is 0 Å². The van der Waals surface area contributed by atoms with Crippen molar-refractivity contribution in [3.8, 4) is 11.1 Å². The highest BCUT2D eigenvalue weighted by Gasteiger charge is 2.31. The van der Waals surface area contributed by atoms with Gasteiger partial charge in [-0.2, -0.15) is 13.2 Å². The SMILES string of the molecule is C=Cc1cc(-c2cc(F)ccc2Cl)cc(C(F)(F)F)c1. The molecule has 0 bridgehead atoms. The molecule has 20 heavy (non-hydrogen) atoms. The van der Waals surface area contributed by atoms with Crippen molar-refractivity contribution in [2.45, 2.75) is 6.18 Å². The van der Waals surface area contributed by atoms with E-state index in [1.807, 2.05) is 0 Å². The summed E-state index contributed by atoms with van der Waals surface area (Å²) in [5.41, 5.74) is -0.138. The topological polar surface area (TPSA) is 0 Å². The normalized spacial score (nSPS) is 11.4. The van der Waals surface area contributed by atoms with Gasteiger partial charge in [-0.1, -0.05) is 24.3 Å². The summed E-state index contributed by atoms with van der Waals surface area (Å²) in [7, 11) is 0. The quantitative estimate of drug-likeness (QED) is 0.614. The molecule has 0 spiro atoms. The van der Waals surface area contributed by atoms with Gasteiger partial charge in [-0.05, 0) is 47.5 Å². The van der Waals surface area contributed by atoms with Gasteiger partial charge in [-0.3, -0.25) is 0 Å². The summed E-state index contributed by atoms with van der Waals surface area (Å²) in [6.07, 6.45) is -3.19. The van der Waals surface area contributed by atoms with Crippen LogP contribution in [-0.4, -0.2) is 0 Å². The minimum Gasteiger partial charge on any atom is -0.207 e. The molecule has 0 heterocycles. The van der Waals surface area contributed by atoms with Gasteiger partial charge in [0.2, 0.25) is 0 Å². The van der Waals surface area contributed by atoms with E-state index in [1.54, 1.807) is 0 Å². The molecule has 2 rings (SSSR count). The van der Waals surface area contributed by atoms with Crippen LogP contribution >= 0.6 is 11.6 Å². The maximum Gasteiger partial charge on any atom is 0.416 e. The van der Waals surface area contributed by atoms with Crippen LogP contribution in [0.1, 0.15) is 11.1 Å². The molecule has 0 amide bonds. The fourth-order valence-electron chi connectivity index (χ4n) is 1.81. The van der Waals surface area contributed by atoms with Crippen LogP contribution in [0.15, 0.2) is 43.0 Å². The predicted molar refractivity (Wildman–Crippen MR) is 71.9 cm³/mol. The maximum absolute atomic E-state index is 13.2. The predicted octanol–water partition coefficient (Wildman–Crippen LogP) is 5.81. The van der Waals surface area contributed by atoms with Crippen molar-refractivity contribution in [3.63, 3.8) is 0 Å². The molecule has 0 aliphatic rings. The molecule has 5 heteroatoms. The first-order chi connectivity index (χ1) is 9.31. The van der Waals surface area contributed by atoms with Crippen LogP contribution in [0.3, 0.4) is 0 Å². The Labute approximate surface area is 118 Å². The molecule has 0 nitrogen and oxygen atoms in total. The zero-order chi connectivity index (χ0) is 14.9. The fraction of sp³-hybridized carbons (Fsp3) is 0.0667. The van der Waals surface area contributed by atoms with Crippen LogP contribution in [-0.2, 0) is 6.18 Å². The van der Waals surface area contributed by atoms with Crippen LogP contribution in [0.25, 0.3) is 17.2 Å². The molecule has 2 aromatic carbocycles. The van der Waals surface area contributed by atoms with E-state index in [1.165, 1.54) is 18.2 Å². The molecular weight excluding hydrogens is 292 g/mol. The van der Waals surface area contributed by atoms with Gasteiger partial charge in [0.1, 0.15) is 5.82 Å². The first-order valence-electron chi connectivity index (χ1n) is 5.61. The van der Waals surface area contributed by atoms with Gasteiger partial charge in [0.05, 0.1) is 5.56 Å². The molecule has 0 saturated heterocycles. The molecular formula is C15H9ClF4. The highest BCUT2D eigenvalue weighted by molar-refractivity contribution is 6.33. The van der Waals surface area contributed by atoms with Crippen LogP contribution in [0.4, 0.5) is 17.6 Å². The minimum atomic E-state index is -4.49. The third-order valence-corrected chi connectivity index (χ3v) is 3.09. The second-order valence-electron chi connectivity index (χ2n) is 4.17. The number of hydrogen-bond acceptors (Lipinski definition) is 0. The van der Waals surface area contributed by atoms with E-state index in [2.05, 4.69) is 6.58 Å². The average molecular weight is 301 g/mol. The molecule has 0 unspecified atom stereocenters. The molecule has 104 valence electrons. The van der Waals surface area contributed by atoms with E-state index in [-0.39, 0.29) is 21.7 Å². The summed E-state index contributed by atoms with van der Waals surface area (Å²) < 4.78 is 51.8. The van der Waals surface area contributed by atoms with E-state index >= 15 is 0 Å². The van der Waals surface area contributed by atoms with Gasteiger partial charge >= 0.3 is 6.18 Å². The van der Waals surface area contributed by atoms with Gasteiger partial charge in [0.25, 0.3) is 0 Å². The van der Waals surface area contributed by atoms with E-state index in [4.69, 9.17) is 11.6 Å². The lowest BCUT2D eigenvalue weighted by Gasteiger charge is -2.12. The van der Waals surface area contributed by atoms with Crippen molar-refractivity contribution >= 4 is 17.7 Å². The summed E-state index contributed by atoms with van der Waals surface area (Å²) in [4.78, 5) is 0. The van der Waals surface area contributed by atoms with Crippen LogP contribution in [0.5, 0.6) is 0 Å². The average Bonchev–Trinajstić information content (AvgIpc) is 2.40. The third kappa shape index (κ3) is 3.02. The minimum absolute atomic E-state index is 0.181. The van der Waals surface area contributed by atoms with Gasteiger partial charge in [0, 0.05) is 10.6 Å². The van der Waals surface area contributed by atoms with Crippen molar-refractivity contribution in [2.24, 2.45) is 0 Å². The second-order valence-corrected chi connectivity index (χ2v) is 4.58. The van der Waals surface area contributed by atoms with Gasteiger partial charge < -0.3 is 0 Å². The Kier molecular flexibility index (Phi) is 3.86. The van der Waals surface area contributed by atoms with Crippen molar-refractivity contribution < 1.29 is 17.6 Å². The summed E-state index contributed by atoms with van der Waals surface area (Å²) in [5, 5.41) is 0.181. The Morgan fingerprint density at radius 2 is 1.75 bits per heavy atom. The molecule has 0 aliphatic heterocycles. The number of alkyl halides is 3. The Morgan fingerprint density at radius 3 is 2.35 bits per heavy atom. The maximum atomic E-state index is 13.2. The van der Waals surface area contributed by atoms with E-state index in [0.717, 1.165) is 24.3 Å². The number of benzene rings is 2. The zero-order valence-corrected chi connectivity index (χ0v) is 10.9. The number of rotatable bonds is 2. The highest BCUT2D eigenvalue weighted by Crippen LogP contribution is 2.36. The van der Waals surface area contributed by atoms with Crippen LogP contribution in [0.2, 0.25) is 5.02 Å². The summed E-state index contributed by atoms with van der Waals surface area (Å²) in [6, 6.07) is 6.94. The van der Waals surface area contributed by atoms with E-state index in [9.17, 15) is 17.6 Å². The Balaban J connectivity index is 2.67. The largest absolute Gasteiger partial charge is 0.416 e. The van der Waals surface area contributed by atoms with Crippen molar-refractivity contribution in [3.05, 3.63) is 64.9 Å². The first kappa shape index (κ1) is 14.6. The van der Waals surface area contributed by atoms with E-state index in [0.29, 0.717) is 0 Å². The van der Waals surface area contributed by atoms with E-state index < -0.39 is 17.6 Å². The van der Waals surface area contributed by atoms with Crippen LogP contribution < -0.4 is 0 Å². The van der Waals surface area contributed by atoms with Gasteiger partial charge in [0.15, 0.2) is 0 Å². The molecule has 0 saturated carbocycles. The molecule has 0 fully saturated rings. The van der Waals surface area contributed by atoms with Crippen molar-refractivity contribution in [1.82, 2.24) is 0 Å². The van der Waals surface area contributed by atoms with Gasteiger partial charge in [-0.25, -0.2) is 4.39 Å². The molecule has 0 atom stereocenters. The second kappa shape index (κ2) is 5.29. The number of hydrogen-bond donors (Lipinski definition) is 0. The fourth-order valence-corrected chi connectivity index (χ4v) is 2.03. The lowest BCUT2D eigenvalue weighted by atomic mass is 9.99. The molecule has 2 aromatic rings. The summed E-state index contributed by atoms with van der Waals surface area (Å²) in [5.74, 6) is -0.568. The molecule has 0 aromatic heterocycles. The summed E-state index contributed by atoms with van der Waals surface area (Å²) >= 11 is 5.92. The smallest absolute Gasteiger partial charge is 0.207 e. The van der Waals surface area contributed by atoms with Crippen molar-refractivity contribution in [1.29, 1.82) is 0 Å². The molecule has 0 radical (unpaired) electrons. The lowest BCUT2D eigenvalue weighted by molar-refractivity contribution is -0.137. The standard InChI is InChI=1S/C15H9ClF4/c1-2-9-5-10(7-11(6-9)15(18,19)20)13-8-12(17)3-4-14(13)16/h2-8H,1H2. The molecule has 0 aliphatic carbocycles. The monoisotopic (exact) mass is 300 g/mol. The highest BCUT2D eigenvalue weighted by atomic mass is 35.5. The van der Waals surface area contributed by atoms with Crippen molar-refractivity contribution in [2.75, 3.05) is 0 Å². The first-order valence-corrected chi connectivity index (χ1v) is 5.99. The third-order valence-electron chi connectivity index (χ3n) is 2.76. The number of halogens is 5. The lowest BCUT2D eigenvalue weighted by Crippen LogP contribution is -2.05.